The molecule has 0 atom stereocenters. The van der Waals surface area contributed by atoms with Crippen molar-refractivity contribution in [3.8, 4) is 23.0 Å². The first-order valence-electron chi connectivity index (χ1n) is 12.0. The van der Waals surface area contributed by atoms with Gasteiger partial charge in [-0.15, -0.1) is 10.2 Å². The van der Waals surface area contributed by atoms with Gasteiger partial charge in [0.15, 0.2) is 5.82 Å². The van der Waals surface area contributed by atoms with E-state index in [9.17, 15) is 26.3 Å². The standard InChI is InChI=1S/C28H20F6N4/c29-27(30,31)18-11-9-17(10-12-18)25-35-36-26(37(25)20-15-13-19(14-16-20)28(32,33)34)38-23-7-3-1-5-21(23)22-6-2-4-8-24(22)38/h3-4,7-16H,1-2,5-6H2. The van der Waals surface area contributed by atoms with E-state index < -0.39 is 23.5 Å². The molecule has 38 heavy (non-hydrogen) atoms. The van der Waals surface area contributed by atoms with Crippen LogP contribution < -0.4 is 0 Å². The number of halogens is 6. The Morgan fingerprint density at radius 1 is 0.605 bits per heavy atom. The normalized spacial score (nSPS) is 15.0. The lowest BCUT2D eigenvalue weighted by Crippen LogP contribution is -2.11. The zero-order chi connectivity index (χ0) is 26.7. The molecule has 4 aromatic rings. The molecule has 4 nitrogen and oxygen atoms in total. The van der Waals surface area contributed by atoms with E-state index in [1.165, 1.54) is 35.4 Å². The fraction of sp³-hybridized carbons (Fsp3) is 0.214. The summed E-state index contributed by atoms with van der Waals surface area (Å²) >= 11 is 0. The first-order chi connectivity index (χ1) is 18.1. The van der Waals surface area contributed by atoms with Gasteiger partial charge in [0.05, 0.1) is 28.2 Å². The maximum absolute atomic E-state index is 13.3. The van der Waals surface area contributed by atoms with Crippen molar-refractivity contribution in [2.75, 3.05) is 0 Å². The summed E-state index contributed by atoms with van der Waals surface area (Å²) in [6.45, 7) is 0. The van der Waals surface area contributed by atoms with E-state index in [4.69, 9.17) is 0 Å². The second-order valence-electron chi connectivity index (χ2n) is 9.22. The Kier molecular flexibility index (Phi) is 5.59. The van der Waals surface area contributed by atoms with Crippen LogP contribution >= 0.6 is 0 Å². The van der Waals surface area contributed by atoms with Gasteiger partial charge in [-0.25, -0.2) is 0 Å². The molecule has 2 aliphatic rings. The van der Waals surface area contributed by atoms with Crippen molar-refractivity contribution in [1.82, 2.24) is 19.3 Å². The quantitative estimate of drug-likeness (QED) is 0.257. The number of hydrogen-bond donors (Lipinski definition) is 0. The third-order valence-corrected chi connectivity index (χ3v) is 6.91. The van der Waals surface area contributed by atoms with Crippen molar-refractivity contribution in [3.05, 3.63) is 94.3 Å². The number of rotatable bonds is 3. The topological polar surface area (TPSA) is 35.6 Å². The van der Waals surface area contributed by atoms with Gasteiger partial charge < -0.3 is 0 Å². The molecule has 10 heteroatoms. The van der Waals surface area contributed by atoms with Crippen molar-refractivity contribution in [3.63, 3.8) is 0 Å². The van der Waals surface area contributed by atoms with Gasteiger partial charge in [0.2, 0.25) is 5.95 Å². The molecule has 2 aliphatic carbocycles. The molecule has 0 aliphatic heterocycles. The van der Waals surface area contributed by atoms with Crippen molar-refractivity contribution >= 4 is 12.2 Å². The van der Waals surface area contributed by atoms with Crippen LogP contribution in [0, 0.1) is 0 Å². The Bertz CT molecular complexity index is 1530. The largest absolute Gasteiger partial charge is 0.416 e. The predicted octanol–water partition coefficient (Wildman–Crippen LogP) is 7.68. The van der Waals surface area contributed by atoms with E-state index in [1.807, 2.05) is 16.7 Å². The van der Waals surface area contributed by atoms with E-state index in [1.54, 1.807) is 4.57 Å². The van der Waals surface area contributed by atoms with Crippen LogP contribution in [0.15, 0.2) is 60.7 Å². The lowest BCUT2D eigenvalue weighted by atomic mass is 9.94. The number of alkyl halides is 6. The zero-order valence-electron chi connectivity index (χ0n) is 19.8. The smallest absolute Gasteiger partial charge is 0.278 e. The molecule has 0 amide bonds. The molecule has 2 heterocycles. The highest BCUT2D eigenvalue weighted by Crippen LogP contribution is 2.38. The van der Waals surface area contributed by atoms with Crippen LogP contribution in [-0.4, -0.2) is 19.3 Å². The molecule has 0 radical (unpaired) electrons. The van der Waals surface area contributed by atoms with Crippen LogP contribution in [0.5, 0.6) is 0 Å². The Labute approximate surface area is 213 Å². The van der Waals surface area contributed by atoms with E-state index in [-0.39, 0.29) is 5.82 Å². The van der Waals surface area contributed by atoms with Gasteiger partial charge >= 0.3 is 12.4 Å². The molecule has 2 aromatic carbocycles. The summed E-state index contributed by atoms with van der Waals surface area (Å²) in [5.41, 5.74) is 3.31. The summed E-state index contributed by atoms with van der Waals surface area (Å²) in [5, 5.41) is 8.75. The highest BCUT2D eigenvalue weighted by molar-refractivity contribution is 5.70. The molecule has 2 aromatic heterocycles. The van der Waals surface area contributed by atoms with Gasteiger partial charge in [-0.1, -0.05) is 24.3 Å². The van der Waals surface area contributed by atoms with Gasteiger partial charge in [0, 0.05) is 5.56 Å². The van der Waals surface area contributed by atoms with E-state index in [0.29, 0.717) is 17.2 Å². The van der Waals surface area contributed by atoms with Crippen molar-refractivity contribution in [1.29, 1.82) is 0 Å². The minimum Gasteiger partial charge on any atom is -0.278 e. The number of aromatic nitrogens is 4. The van der Waals surface area contributed by atoms with Crippen molar-refractivity contribution in [2.45, 2.75) is 38.0 Å². The Balaban J connectivity index is 1.58. The second-order valence-corrected chi connectivity index (χ2v) is 9.22. The predicted molar refractivity (Wildman–Crippen MR) is 131 cm³/mol. The summed E-state index contributed by atoms with van der Waals surface area (Å²) in [7, 11) is 0. The van der Waals surface area contributed by atoms with Crippen LogP contribution in [0.4, 0.5) is 26.3 Å². The minimum absolute atomic E-state index is 0.212. The summed E-state index contributed by atoms with van der Waals surface area (Å²) in [6, 6.07) is 9.05. The van der Waals surface area contributed by atoms with Gasteiger partial charge in [-0.05, 0) is 85.4 Å². The summed E-state index contributed by atoms with van der Waals surface area (Å²) in [6.07, 6.45) is 2.62. The average Bonchev–Trinajstić information content (AvgIpc) is 3.47. The third-order valence-electron chi connectivity index (χ3n) is 6.91. The number of allylic oxidation sites excluding steroid dienone is 2. The van der Waals surface area contributed by atoms with Crippen LogP contribution in [0.2, 0.25) is 0 Å². The van der Waals surface area contributed by atoms with Gasteiger partial charge in [0.25, 0.3) is 0 Å². The van der Waals surface area contributed by atoms with E-state index in [0.717, 1.165) is 61.3 Å². The highest BCUT2D eigenvalue weighted by Gasteiger charge is 2.32. The van der Waals surface area contributed by atoms with Crippen LogP contribution in [0.1, 0.15) is 46.5 Å². The molecule has 0 unspecified atom stereocenters. The molecule has 0 bridgehead atoms. The molecule has 0 fully saturated rings. The third kappa shape index (κ3) is 4.04. The number of hydrogen-bond acceptors (Lipinski definition) is 2. The maximum atomic E-state index is 13.3. The Hall–Kier alpha value is -4.08. The van der Waals surface area contributed by atoms with E-state index in [2.05, 4.69) is 22.3 Å². The Morgan fingerprint density at radius 3 is 1.61 bits per heavy atom. The van der Waals surface area contributed by atoms with Crippen LogP contribution in [0.3, 0.4) is 0 Å². The molecular formula is C28H20F6N4. The molecule has 6 rings (SSSR count). The maximum Gasteiger partial charge on any atom is 0.416 e. The molecule has 0 spiro atoms. The summed E-state index contributed by atoms with van der Waals surface area (Å²) in [4.78, 5) is 0. The van der Waals surface area contributed by atoms with Crippen molar-refractivity contribution in [2.24, 2.45) is 0 Å². The lowest BCUT2D eigenvalue weighted by Gasteiger charge is -2.16. The molecule has 0 saturated heterocycles. The number of nitrogens with zero attached hydrogens (tertiary/aromatic N) is 4. The lowest BCUT2D eigenvalue weighted by molar-refractivity contribution is -0.138. The van der Waals surface area contributed by atoms with Gasteiger partial charge in [-0.3, -0.25) is 9.13 Å². The Morgan fingerprint density at radius 2 is 1.11 bits per heavy atom. The van der Waals surface area contributed by atoms with Crippen LogP contribution in [0.25, 0.3) is 35.2 Å². The molecule has 0 saturated carbocycles. The molecular weight excluding hydrogens is 506 g/mol. The fourth-order valence-electron chi connectivity index (χ4n) is 5.13. The minimum atomic E-state index is -4.51. The summed E-state index contributed by atoms with van der Waals surface area (Å²) in [5.74, 6) is 0.555. The number of benzene rings is 2. The SMILES string of the molecule is FC(F)(F)c1ccc(-c2nnc(-n3c4c(c5c3C=CCC5)CCC=C4)n2-c2ccc(C(F)(F)F)cc2)cc1. The summed E-state index contributed by atoms with van der Waals surface area (Å²) < 4.78 is 82.9. The van der Waals surface area contributed by atoms with Gasteiger partial charge in [0.1, 0.15) is 0 Å². The first kappa shape index (κ1) is 24.3. The first-order valence-corrected chi connectivity index (χ1v) is 12.0. The van der Waals surface area contributed by atoms with Crippen LogP contribution in [-0.2, 0) is 25.2 Å². The van der Waals surface area contributed by atoms with Gasteiger partial charge in [-0.2, -0.15) is 26.3 Å². The monoisotopic (exact) mass is 526 g/mol. The van der Waals surface area contributed by atoms with E-state index >= 15 is 0 Å². The second kappa shape index (κ2) is 8.75. The zero-order valence-corrected chi connectivity index (χ0v) is 19.8. The molecule has 194 valence electrons. The average molecular weight is 526 g/mol. The molecule has 0 N–H and O–H groups in total. The number of fused-ring (bicyclic) bond motifs is 3. The fourth-order valence-corrected chi connectivity index (χ4v) is 5.13. The van der Waals surface area contributed by atoms with Crippen molar-refractivity contribution < 1.29 is 26.3 Å². The highest BCUT2D eigenvalue weighted by atomic mass is 19.4.